The van der Waals surface area contributed by atoms with E-state index in [-0.39, 0.29) is 11.3 Å². The number of methoxy groups -OCH3 is 1. The second-order valence-electron chi connectivity index (χ2n) is 3.32. The molecule has 0 heterocycles. The maximum Gasteiger partial charge on any atom is 0.336 e. The number of benzene rings is 2. The van der Waals surface area contributed by atoms with Gasteiger partial charge in [-0.15, -0.1) is 0 Å². The van der Waals surface area contributed by atoms with Crippen molar-refractivity contribution in [3.8, 4) is 11.5 Å². The monoisotopic (exact) mass is 218 g/mol. The predicted octanol–water partition coefficient (Wildman–Crippen LogP) is 2.25. The third-order valence-corrected chi connectivity index (χ3v) is 2.43. The second-order valence-corrected chi connectivity index (χ2v) is 3.32. The molecule has 0 radical (unpaired) electrons. The molecule has 0 aliphatic heterocycles. The summed E-state index contributed by atoms with van der Waals surface area (Å²) in [6, 6.07) is 7.74. The Balaban J connectivity index is 2.93. The number of rotatable bonds is 2. The highest BCUT2D eigenvalue weighted by molar-refractivity contribution is 6.08. The zero-order valence-corrected chi connectivity index (χ0v) is 8.60. The van der Waals surface area contributed by atoms with Crippen LogP contribution in [-0.2, 0) is 0 Å². The number of ether oxygens (including phenoxy) is 1. The third kappa shape index (κ3) is 1.44. The number of hydrogen-bond acceptors (Lipinski definition) is 3. The van der Waals surface area contributed by atoms with Gasteiger partial charge >= 0.3 is 5.97 Å². The van der Waals surface area contributed by atoms with Gasteiger partial charge in [0.05, 0.1) is 12.7 Å². The standard InChI is InChI=1S/C12H10O4/c1-16-10-4-2-3-7-9(13)6-5-8(11(7)10)12(14)15/h2-6,13H,1H3,(H,14,15). The molecular formula is C12H10O4. The molecule has 82 valence electrons. The summed E-state index contributed by atoms with van der Waals surface area (Å²) in [4.78, 5) is 11.1. The molecule has 0 unspecified atom stereocenters. The van der Waals surface area contributed by atoms with E-state index >= 15 is 0 Å². The molecule has 4 heteroatoms. The number of carboxylic acids is 1. The normalized spacial score (nSPS) is 10.3. The van der Waals surface area contributed by atoms with E-state index in [4.69, 9.17) is 9.84 Å². The molecule has 0 fully saturated rings. The lowest BCUT2D eigenvalue weighted by Gasteiger charge is -2.09. The van der Waals surface area contributed by atoms with Crippen molar-refractivity contribution < 1.29 is 19.7 Å². The van der Waals surface area contributed by atoms with E-state index in [2.05, 4.69) is 0 Å². The highest BCUT2D eigenvalue weighted by atomic mass is 16.5. The van der Waals surface area contributed by atoms with Gasteiger partial charge in [0.2, 0.25) is 0 Å². The van der Waals surface area contributed by atoms with Crippen LogP contribution in [0, 0.1) is 0 Å². The third-order valence-electron chi connectivity index (χ3n) is 2.43. The number of hydrogen-bond donors (Lipinski definition) is 2. The minimum absolute atomic E-state index is 0.0406. The summed E-state index contributed by atoms with van der Waals surface area (Å²) in [6.07, 6.45) is 0. The zero-order chi connectivity index (χ0) is 11.7. The first-order valence-electron chi connectivity index (χ1n) is 4.67. The smallest absolute Gasteiger partial charge is 0.336 e. The molecule has 0 atom stereocenters. The molecule has 0 amide bonds. The number of fused-ring (bicyclic) bond motifs is 1. The lowest BCUT2D eigenvalue weighted by molar-refractivity contribution is 0.0699. The Morgan fingerprint density at radius 1 is 1.25 bits per heavy atom. The Bertz CT molecular complexity index is 560. The van der Waals surface area contributed by atoms with Crippen LogP contribution >= 0.6 is 0 Å². The van der Waals surface area contributed by atoms with Crippen molar-refractivity contribution in [2.75, 3.05) is 7.11 Å². The van der Waals surface area contributed by atoms with Crippen molar-refractivity contribution in [2.24, 2.45) is 0 Å². The van der Waals surface area contributed by atoms with Crippen LogP contribution in [0.5, 0.6) is 11.5 Å². The molecule has 0 saturated heterocycles. The Labute approximate surface area is 91.7 Å². The van der Waals surface area contributed by atoms with Crippen molar-refractivity contribution in [1.82, 2.24) is 0 Å². The van der Waals surface area contributed by atoms with Crippen LogP contribution in [0.1, 0.15) is 10.4 Å². The van der Waals surface area contributed by atoms with E-state index < -0.39 is 5.97 Å². The molecule has 0 spiro atoms. The predicted molar refractivity (Wildman–Crippen MR) is 59.1 cm³/mol. The molecule has 0 aliphatic carbocycles. The van der Waals surface area contributed by atoms with Gasteiger partial charge in [-0.25, -0.2) is 4.79 Å². The van der Waals surface area contributed by atoms with Crippen LogP contribution in [0.4, 0.5) is 0 Å². The molecule has 0 aliphatic rings. The highest BCUT2D eigenvalue weighted by Crippen LogP contribution is 2.34. The minimum Gasteiger partial charge on any atom is -0.507 e. The number of phenolic OH excluding ortho intramolecular Hbond substituents is 1. The number of phenols is 1. The SMILES string of the molecule is COc1cccc2c(O)ccc(C(=O)O)c12. The first-order valence-corrected chi connectivity index (χ1v) is 4.67. The summed E-state index contributed by atoms with van der Waals surface area (Å²) >= 11 is 0. The van der Waals surface area contributed by atoms with Crippen LogP contribution in [0.3, 0.4) is 0 Å². The van der Waals surface area contributed by atoms with E-state index in [9.17, 15) is 9.90 Å². The van der Waals surface area contributed by atoms with Crippen LogP contribution in [-0.4, -0.2) is 23.3 Å². The lowest BCUT2D eigenvalue weighted by Crippen LogP contribution is -1.99. The van der Waals surface area contributed by atoms with Crippen LogP contribution in [0.15, 0.2) is 30.3 Å². The highest BCUT2D eigenvalue weighted by Gasteiger charge is 2.14. The van der Waals surface area contributed by atoms with Crippen LogP contribution in [0.2, 0.25) is 0 Å². The molecule has 0 aromatic heterocycles. The second kappa shape index (κ2) is 3.73. The topological polar surface area (TPSA) is 66.8 Å². The quantitative estimate of drug-likeness (QED) is 0.811. The lowest BCUT2D eigenvalue weighted by atomic mass is 10.0. The van der Waals surface area contributed by atoms with Gasteiger partial charge in [0.15, 0.2) is 0 Å². The summed E-state index contributed by atoms with van der Waals surface area (Å²) in [7, 11) is 1.46. The molecule has 0 bridgehead atoms. The Kier molecular flexibility index (Phi) is 2.40. The van der Waals surface area contributed by atoms with Crippen molar-refractivity contribution in [3.63, 3.8) is 0 Å². The fourth-order valence-corrected chi connectivity index (χ4v) is 1.71. The number of aromatic hydroxyl groups is 1. The Morgan fingerprint density at radius 2 is 2.00 bits per heavy atom. The molecule has 2 N–H and O–H groups in total. The maximum absolute atomic E-state index is 11.1. The number of carboxylic acid groups (broad SMARTS) is 1. The largest absolute Gasteiger partial charge is 0.507 e. The zero-order valence-electron chi connectivity index (χ0n) is 8.60. The van der Waals surface area contributed by atoms with E-state index in [0.29, 0.717) is 16.5 Å². The van der Waals surface area contributed by atoms with Crippen molar-refractivity contribution in [1.29, 1.82) is 0 Å². The fourth-order valence-electron chi connectivity index (χ4n) is 1.71. The Morgan fingerprint density at radius 3 is 2.62 bits per heavy atom. The van der Waals surface area contributed by atoms with Gasteiger partial charge in [0.1, 0.15) is 11.5 Å². The molecule has 2 aromatic carbocycles. The van der Waals surface area contributed by atoms with Gasteiger partial charge in [0, 0.05) is 10.8 Å². The summed E-state index contributed by atoms with van der Waals surface area (Å²) in [6.45, 7) is 0. The first kappa shape index (κ1) is 10.3. The summed E-state index contributed by atoms with van der Waals surface area (Å²) in [5, 5.41) is 19.6. The molecule has 16 heavy (non-hydrogen) atoms. The van der Waals surface area contributed by atoms with E-state index in [0.717, 1.165) is 0 Å². The molecular weight excluding hydrogens is 208 g/mol. The van der Waals surface area contributed by atoms with Gasteiger partial charge in [-0.1, -0.05) is 12.1 Å². The number of aromatic carboxylic acids is 1. The van der Waals surface area contributed by atoms with Crippen LogP contribution in [0.25, 0.3) is 10.8 Å². The minimum atomic E-state index is -1.05. The fraction of sp³-hybridized carbons (Fsp3) is 0.0833. The van der Waals surface area contributed by atoms with Crippen molar-refractivity contribution >= 4 is 16.7 Å². The van der Waals surface area contributed by atoms with Gasteiger partial charge in [-0.2, -0.15) is 0 Å². The average Bonchev–Trinajstić information content (AvgIpc) is 2.28. The van der Waals surface area contributed by atoms with Crippen molar-refractivity contribution in [2.45, 2.75) is 0 Å². The van der Waals surface area contributed by atoms with Gasteiger partial charge in [-0.05, 0) is 18.2 Å². The molecule has 2 rings (SSSR count). The first-order chi connectivity index (χ1) is 7.65. The van der Waals surface area contributed by atoms with Gasteiger partial charge in [0.25, 0.3) is 0 Å². The molecule has 4 nitrogen and oxygen atoms in total. The molecule has 0 saturated carbocycles. The van der Waals surface area contributed by atoms with E-state index in [1.807, 2.05) is 0 Å². The van der Waals surface area contributed by atoms with Gasteiger partial charge in [-0.3, -0.25) is 0 Å². The maximum atomic E-state index is 11.1. The number of carbonyl (C=O) groups is 1. The van der Waals surface area contributed by atoms with Crippen LogP contribution < -0.4 is 4.74 Å². The average molecular weight is 218 g/mol. The van der Waals surface area contributed by atoms with Crippen molar-refractivity contribution in [3.05, 3.63) is 35.9 Å². The summed E-state index contributed by atoms with van der Waals surface area (Å²) < 4.78 is 5.10. The van der Waals surface area contributed by atoms with E-state index in [1.165, 1.54) is 19.2 Å². The van der Waals surface area contributed by atoms with E-state index in [1.54, 1.807) is 18.2 Å². The van der Waals surface area contributed by atoms with Gasteiger partial charge < -0.3 is 14.9 Å². The summed E-state index contributed by atoms with van der Waals surface area (Å²) in [5.74, 6) is -0.570. The summed E-state index contributed by atoms with van der Waals surface area (Å²) in [5.41, 5.74) is 0.116. The Hall–Kier alpha value is -2.23. The molecule has 2 aromatic rings.